The van der Waals surface area contributed by atoms with Crippen LogP contribution in [0.15, 0.2) is 6.07 Å². The summed E-state index contributed by atoms with van der Waals surface area (Å²) in [7, 11) is 0.804. The van der Waals surface area contributed by atoms with E-state index in [0.29, 0.717) is 5.59 Å². The van der Waals surface area contributed by atoms with Gasteiger partial charge in [0.05, 0.1) is 0 Å². The molecule has 1 aromatic heterocycles. The van der Waals surface area contributed by atoms with E-state index in [2.05, 4.69) is 5.10 Å². The van der Waals surface area contributed by atoms with Crippen LogP contribution in [0.3, 0.4) is 0 Å². The molecule has 1 rings (SSSR count). The third-order valence-electron chi connectivity index (χ3n) is 1.31. The van der Waals surface area contributed by atoms with Crippen molar-refractivity contribution in [2.24, 2.45) is 0 Å². The lowest BCUT2D eigenvalue weighted by Crippen LogP contribution is -2.20. The maximum Gasteiger partial charge on any atom is 0.464 e. The zero-order chi connectivity index (χ0) is 8.43. The molecule has 0 fully saturated rings. The molecule has 56 valence electrons. The Labute approximate surface area is 63.7 Å². The van der Waals surface area contributed by atoms with Crippen LogP contribution < -0.4 is 5.59 Å². The minimum atomic E-state index is -1.14. The molecule has 1 aromatic rings. The molecule has 0 aliphatic heterocycles. The van der Waals surface area contributed by atoms with Crippen molar-refractivity contribution >= 4 is 27.1 Å². The van der Waals surface area contributed by atoms with Crippen LogP contribution in [-0.2, 0) is 0 Å². The topological polar surface area (TPSA) is 55.1 Å². The summed E-state index contributed by atoms with van der Waals surface area (Å²) in [6.07, 6.45) is 0. The second-order valence-corrected chi connectivity index (χ2v) is 2.10. The molecule has 1 N–H and O–H groups in total. The standard InChI is InChI=1S/C4H5B2FN2O2/c5-3-1-2(4(10)11)8-9(3)6-7/h1,6H,5H2,(H,10,11). The molecule has 0 radical (unpaired) electrons. The lowest BCUT2D eigenvalue weighted by Gasteiger charge is -1.91. The Morgan fingerprint density at radius 2 is 2.55 bits per heavy atom. The lowest BCUT2D eigenvalue weighted by molar-refractivity contribution is 0.0690. The van der Waals surface area contributed by atoms with E-state index < -0.39 is 13.7 Å². The quantitative estimate of drug-likeness (QED) is 0.497. The minimum Gasteiger partial charge on any atom is -0.476 e. The van der Waals surface area contributed by atoms with Gasteiger partial charge in [-0.05, 0) is 11.7 Å². The molecular weight excluding hydrogens is 149 g/mol. The van der Waals surface area contributed by atoms with Gasteiger partial charge in [0, 0.05) is 0 Å². The fraction of sp³-hybridized carbons (Fsp3) is 0. The van der Waals surface area contributed by atoms with Gasteiger partial charge >= 0.3 is 13.7 Å². The summed E-state index contributed by atoms with van der Waals surface area (Å²) in [5.74, 6) is -1.14. The fourth-order valence-corrected chi connectivity index (χ4v) is 0.736. The molecule has 0 amide bonds. The molecular formula is C4H5B2FN2O2. The summed E-state index contributed by atoms with van der Waals surface area (Å²) in [5.41, 5.74) is 0.380. The van der Waals surface area contributed by atoms with E-state index in [1.165, 1.54) is 6.07 Å². The Hall–Kier alpha value is -1.26. The summed E-state index contributed by atoms with van der Waals surface area (Å²) in [6, 6.07) is 1.32. The Morgan fingerprint density at radius 1 is 1.91 bits per heavy atom. The molecule has 0 aliphatic carbocycles. The lowest BCUT2D eigenvalue weighted by atomic mass is 10.0. The second kappa shape index (κ2) is 2.77. The zero-order valence-corrected chi connectivity index (χ0v) is 5.91. The van der Waals surface area contributed by atoms with Crippen LogP contribution in [0.1, 0.15) is 10.5 Å². The van der Waals surface area contributed by atoms with Crippen molar-refractivity contribution in [1.29, 1.82) is 0 Å². The van der Waals surface area contributed by atoms with Crippen LogP contribution in [0.2, 0.25) is 0 Å². The second-order valence-electron chi connectivity index (χ2n) is 2.10. The third-order valence-corrected chi connectivity index (χ3v) is 1.31. The summed E-state index contributed by atoms with van der Waals surface area (Å²) < 4.78 is 13.0. The number of hydrogen-bond acceptors (Lipinski definition) is 2. The molecule has 0 saturated heterocycles. The molecule has 0 spiro atoms. The summed E-state index contributed by atoms with van der Waals surface area (Å²) in [4.78, 5) is 10.3. The monoisotopic (exact) mass is 154 g/mol. The Balaban J connectivity index is 3.05. The van der Waals surface area contributed by atoms with Gasteiger partial charge in [-0.3, -0.25) is 4.59 Å². The Kier molecular flexibility index (Phi) is 1.98. The van der Waals surface area contributed by atoms with Gasteiger partial charge in [0.1, 0.15) is 0 Å². The van der Waals surface area contributed by atoms with E-state index in [0.717, 1.165) is 4.59 Å². The number of carboxylic acid groups (broad SMARTS) is 1. The van der Waals surface area contributed by atoms with Gasteiger partial charge in [0.2, 0.25) is 0 Å². The number of aromatic nitrogens is 2. The van der Waals surface area contributed by atoms with Crippen molar-refractivity contribution in [3.63, 3.8) is 0 Å². The predicted molar refractivity (Wildman–Crippen MR) is 41.0 cm³/mol. The maximum absolute atomic E-state index is 12.0. The summed E-state index contributed by atoms with van der Waals surface area (Å²) >= 11 is 0. The van der Waals surface area contributed by atoms with Crippen molar-refractivity contribution in [2.45, 2.75) is 0 Å². The molecule has 0 bridgehead atoms. The third kappa shape index (κ3) is 1.42. The summed E-state index contributed by atoms with van der Waals surface area (Å²) in [6.45, 7) is 0. The molecule has 1 heterocycles. The first-order valence-corrected chi connectivity index (χ1v) is 2.99. The van der Waals surface area contributed by atoms with Crippen LogP contribution in [0, 0.1) is 0 Å². The van der Waals surface area contributed by atoms with Gasteiger partial charge in [-0.25, -0.2) is 4.79 Å². The molecule has 0 aromatic carbocycles. The van der Waals surface area contributed by atoms with Crippen LogP contribution >= 0.6 is 0 Å². The highest BCUT2D eigenvalue weighted by Crippen LogP contribution is 1.90. The van der Waals surface area contributed by atoms with Gasteiger partial charge in [-0.15, -0.1) is 0 Å². The van der Waals surface area contributed by atoms with Gasteiger partial charge in [0.15, 0.2) is 13.5 Å². The van der Waals surface area contributed by atoms with Crippen LogP contribution in [0.25, 0.3) is 0 Å². The largest absolute Gasteiger partial charge is 0.476 e. The van der Waals surface area contributed by atoms with Crippen molar-refractivity contribution in [2.75, 3.05) is 0 Å². The first-order chi connectivity index (χ1) is 5.15. The molecule has 0 saturated carbocycles. The fourth-order valence-electron chi connectivity index (χ4n) is 0.736. The van der Waals surface area contributed by atoms with Crippen molar-refractivity contribution in [3.05, 3.63) is 11.8 Å². The molecule has 0 atom stereocenters. The average Bonchev–Trinajstić information content (AvgIpc) is 2.31. The average molecular weight is 154 g/mol. The Morgan fingerprint density at radius 3 is 2.82 bits per heavy atom. The molecule has 0 aliphatic rings. The molecule has 0 unspecified atom stereocenters. The van der Waals surface area contributed by atoms with Gasteiger partial charge in [0.25, 0.3) is 0 Å². The first-order valence-electron chi connectivity index (χ1n) is 2.99. The first kappa shape index (κ1) is 7.84. The van der Waals surface area contributed by atoms with E-state index in [1.807, 2.05) is 0 Å². The smallest absolute Gasteiger partial charge is 0.464 e. The van der Waals surface area contributed by atoms with E-state index in [-0.39, 0.29) is 5.69 Å². The number of nitrogens with zero attached hydrogens (tertiary/aromatic N) is 2. The number of rotatable bonds is 2. The van der Waals surface area contributed by atoms with E-state index in [4.69, 9.17) is 5.11 Å². The van der Waals surface area contributed by atoms with Crippen molar-refractivity contribution in [3.8, 4) is 0 Å². The maximum atomic E-state index is 12.0. The molecule has 11 heavy (non-hydrogen) atoms. The number of halogens is 1. The minimum absolute atomic E-state index is 0.125. The van der Waals surface area contributed by atoms with Gasteiger partial charge in [-0.2, -0.15) is 5.10 Å². The van der Waals surface area contributed by atoms with Gasteiger partial charge in [-0.1, -0.05) is 0 Å². The molecule has 7 heteroatoms. The Bertz CT molecular complexity index is 288. The van der Waals surface area contributed by atoms with Crippen LogP contribution in [-0.4, -0.2) is 36.3 Å². The number of carbonyl (C=O) groups is 1. The number of hydrogen-bond donors (Lipinski definition) is 1. The van der Waals surface area contributed by atoms with E-state index in [1.54, 1.807) is 7.85 Å². The highest BCUT2D eigenvalue weighted by molar-refractivity contribution is 6.37. The number of carboxylic acids is 1. The van der Waals surface area contributed by atoms with Gasteiger partial charge < -0.3 is 9.42 Å². The van der Waals surface area contributed by atoms with Crippen LogP contribution in [0.4, 0.5) is 4.32 Å². The summed E-state index contributed by atoms with van der Waals surface area (Å²) in [5, 5.41) is 11.9. The highest BCUT2D eigenvalue weighted by atomic mass is 19.1. The van der Waals surface area contributed by atoms with Crippen LogP contribution in [0.5, 0.6) is 0 Å². The predicted octanol–water partition coefficient (Wildman–Crippen LogP) is -2.08. The van der Waals surface area contributed by atoms with Crippen molar-refractivity contribution in [1.82, 2.24) is 9.69 Å². The van der Waals surface area contributed by atoms with Crippen molar-refractivity contribution < 1.29 is 14.2 Å². The molecule has 4 nitrogen and oxygen atoms in total. The number of aromatic carboxylic acids is 1. The normalized spacial score (nSPS) is 9.55. The zero-order valence-electron chi connectivity index (χ0n) is 5.91. The SMILES string of the molecule is Bc1cc(C(=O)O)nn1BF. The van der Waals surface area contributed by atoms with E-state index in [9.17, 15) is 9.11 Å². The van der Waals surface area contributed by atoms with E-state index >= 15 is 0 Å². The highest BCUT2D eigenvalue weighted by Gasteiger charge is 2.09.